The molecule has 0 bridgehead atoms. The van der Waals surface area contributed by atoms with E-state index >= 15 is 0 Å². The molecule has 4 rings (SSSR count). The summed E-state index contributed by atoms with van der Waals surface area (Å²) in [6.45, 7) is 2.60. The van der Waals surface area contributed by atoms with Gasteiger partial charge in [0.15, 0.2) is 0 Å². The summed E-state index contributed by atoms with van der Waals surface area (Å²) in [7, 11) is 0. The van der Waals surface area contributed by atoms with Crippen molar-refractivity contribution in [2.24, 2.45) is 0 Å². The molecular formula is C24H24N6Ti. The molecule has 31 heavy (non-hydrogen) atoms. The van der Waals surface area contributed by atoms with Crippen LogP contribution in [0, 0.1) is 0 Å². The first-order chi connectivity index (χ1) is 14.9. The third-order valence-corrected chi connectivity index (χ3v) is 4.00. The fourth-order valence-electron chi connectivity index (χ4n) is 2.54. The van der Waals surface area contributed by atoms with Gasteiger partial charge in [0.25, 0.3) is 0 Å². The van der Waals surface area contributed by atoms with Crippen LogP contribution < -0.4 is 0 Å². The van der Waals surface area contributed by atoms with Crippen molar-refractivity contribution in [3.8, 4) is 0 Å². The van der Waals surface area contributed by atoms with Crippen molar-refractivity contribution in [2.75, 3.05) is 0 Å². The van der Waals surface area contributed by atoms with Gasteiger partial charge in [-0.05, 0) is 48.5 Å². The van der Waals surface area contributed by atoms with Crippen molar-refractivity contribution in [3.63, 3.8) is 0 Å². The predicted molar refractivity (Wildman–Crippen MR) is 118 cm³/mol. The molecule has 0 aromatic carbocycles. The fraction of sp³-hybridized carbons (Fsp3) is 0.167. The van der Waals surface area contributed by atoms with Gasteiger partial charge in [-0.15, -0.1) is 26.2 Å². The molecule has 0 amide bonds. The molecule has 0 fully saturated rings. The van der Waals surface area contributed by atoms with E-state index in [1.54, 1.807) is 24.8 Å². The first-order valence-electron chi connectivity index (χ1n) is 9.76. The maximum Gasteiger partial charge on any atom is 2.00 e. The second-order valence-electron chi connectivity index (χ2n) is 6.36. The van der Waals surface area contributed by atoms with Crippen molar-refractivity contribution in [1.82, 2.24) is 19.9 Å². The normalized spacial score (nSPS) is 9.81. The third-order valence-electron chi connectivity index (χ3n) is 4.00. The Bertz CT molecular complexity index is 781. The number of pyridine rings is 4. The van der Waals surface area contributed by atoms with Crippen LogP contribution in [0.25, 0.3) is 10.6 Å². The minimum Gasteiger partial charge on any atom is -0.652 e. The minimum absolute atomic E-state index is 0. The average molecular weight is 444 g/mol. The standard InChI is InChI=1S/2C12H12N3.Ti/c2*1-3-7-14-11(5-1)9-13-10-12-6-2-4-8-15-12;/h2*1-8H,9-10H2;/q2*-1;+2. The maximum atomic E-state index is 4.39. The van der Waals surface area contributed by atoms with Crippen LogP contribution in [-0.4, -0.2) is 19.9 Å². The summed E-state index contributed by atoms with van der Waals surface area (Å²) in [5, 5.41) is 8.77. The van der Waals surface area contributed by atoms with E-state index in [1.165, 1.54) is 0 Å². The molecule has 0 saturated carbocycles. The number of hydrogen-bond acceptors (Lipinski definition) is 4. The Morgan fingerprint density at radius 3 is 0.871 bits per heavy atom. The largest absolute Gasteiger partial charge is 2.00 e. The molecule has 0 aliphatic carbocycles. The van der Waals surface area contributed by atoms with Gasteiger partial charge in [-0.2, -0.15) is 0 Å². The topological polar surface area (TPSA) is 79.8 Å². The van der Waals surface area contributed by atoms with E-state index in [1.807, 2.05) is 72.8 Å². The quantitative estimate of drug-likeness (QED) is 0.354. The molecule has 0 radical (unpaired) electrons. The summed E-state index contributed by atoms with van der Waals surface area (Å²) in [4.78, 5) is 16.8. The van der Waals surface area contributed by atoms with E-state index < -0.39 is 0 Å². The number of hydrogen-bond donors (Lipinski definition) is 0. The summed E-state index contributed by atoms with van der Waals surface area (Å²) in [6.07, 6.45) is 7.13. The molecule has 0 unspecified atom stereocenters. The van der Waals surface area contributed by atoms with Gasteiger partial charge in [-0.1, -0.05) is 24.3 Å². The van der Waals surface area contributed by atoms with Crippen LogP contribution >= 0.6 is 0 Å². The molecule has 154 valence electrons. The third kappa shape index (κ3) is 10.2. The van der Waals surface area contributed by atoms with Gasteiger partial charge in [0.1, 0.15) is 0 Å². The van der Waals surface area contributed by atoms with Gasteiger partial charge in [0, 0.05) is 47.6 Å². The summed E-state index contributed by atoms with van der Waals surface area (Å²) in [5.41, 5.74) is 3.98. The molecule has 0 aliphatic heterocycles. The zero-order valence-corrected chi connectivity index (χ0v) is 18.8. The van der Waals surface area contributed by atoms with Gasteiger partial charge < -0.3 is 10.6 Å². The van der Waals surface area contributed by atoms with Gasteiger partial charge in [-0.25, -0.2) is 0 Å². The Kier molecular flexibility index (Phi) is 11.9. The monoisotopic (exact) mass is 444 g/mol. The van der Waals surface area contributed by atoms with Crippen LogP contribution in [0.4, 0.5) is 0 Å². The molecule has 0 saturated heterocycles. The number of rotatable bonds is 8. The SMILES string of the molecule is [Ti+2].c1ccc(C[N-]Cc2ccccn2)nc1.c1ccc(C[N-]Cc2ccccn2)nc1. The zero-order chi connectivity index (χ0) is 20.7. The van der Waals surface area contributed by atoms with E-state index in [2.05, 4.69) is 30.6 Å². The maximum absolute atomic E-state index is 4.39. The number of aromatic nitrogens is 4. The molecule has 4 aromatic rings. The molecule has 0 atom stereocenters. The predicted octanol–water partition coefficient (Wildman–Crippen LogP) is 5.10. The van der Waals surface area contributed by atoms with Crippen LogP contribution in [-0.2, 0) is 47.9 Å². The zero-order valence-electron chi connectivity index (χ0n) is 17.2. The van der Waals surface area contributed by atoms with Crippen LogP contribution in [0.15, 0.2) is 97.6 Å². The first-order valence-corrected chi connectivity index (χ1v) is 9.76. The number of nitrogens with zero attached hydrogens (tertiary/aromatic N) is 6. The van der Waals surface area contributed by atoms with Crippen LogP contribution in [0.3, 0.4) is 0 Å². The Balaban J connectivity index is 0.000000213. The molecule has 6 nitrogen and oxygen atoms in total. The Labute approximate surface area is 198 Å². The average Bonchev–Trinajstić information content (AvgIpc) is 2.82. The van der Waals surface area contributed by atoms with Gasteiger partial charge in [0.2, 0.25) is 0 Å². The van der Waals surface area contributed by atoms with E-state index in [9.17, 15) is 0 Å². The Morgan fingerprint density at radius 1 is 0.419 bits per heavy atom. The van der Waals surface area contributed by atoms with Gasteiger partial charge >= 0.3 is 21.7 Å². The molecule has 7 heteroatoms. The summed E-state index contributed by atoms with van der Waals surface area (Å²) >= 11 is 0. The summed E-state index contributed by atoms with van der Waals surface area (Å²) in [6, 6.07) is 23.4. The summed E-state index contributed by atoms with van der Waals surface area (Å²) < 4.78 is 0. The minimum atomic E-state index is 0. The van der Waals surface area contributed by atoms with Crippen molar-refractivity contribution < 1.29 is 21.7 Å². The Morgan fingerprint density at radius 2 is 0.677 bits per heavy atom. The Hall–Kier alpha value is -2.77. The second kappa shape index (κ2) is 15.1. The van der Waals surface area contributed by atoms with Gasteiger partial charge in [0.05, 0.1) is 0 Å². The molecule has 4 aromatic heterocycles. The van der Waals surface area contributed by atoms with E-state index in [4.69, 9.17) is 0 Å². The summed E-state index contributed by atoms with van der Waals surface area (Å²) in [5.74, 6) is 0. The molecule has 4 heterocycles. The van der Waals surface area contributed by atoms with Crippen molar-refractivity contribution in [2.45, 2.75) is 26.2 Å². The second-order valence-corrected chi connectivity index (χ2v) is 6.36. The molecule has 0 spiro atoms. The molecule has 0 aliphatic rings. The van der Waals surface area contributed by atoms with Crippen LogP contribution in [0.5, 0.6) is 0 Å². The van der Waals surface area contributed by atoms with Gasteiger partial charge in [-0.3, -0.25) is 19.9 Å². The van der Waals surface area contributed by atoms with E-state index in [0.29, 0.717) is 26.2 Å². The van der Waals surface area contributed by atoms with Crippen LogP contribution in [0.2, 0.25) is 0 Å². The smallest absolute Gasteiger partial charge is 0.652 e. The van der Waals surface area contributed by atoms with Crippen molar-refractivity contribution >= 4 is 0 Å². The molecular weight excluding hydrogens is 420 g/mol. The van der Waals surface area contributed by atoms with Crippen LogP contribution in [0.1, 0.15) is 22.8 Å². The van der Waals surface area contributed by atoms with Crippen molar-refractivity contribution in [3.05, 3.63) is 131 Å². The molecule has 0 N–H and O–H groups in total. The van der Waals surface area contributed by atoms with E-state index in [0.717, 1.165) is 22.8 Å². The fourth-order valence-corrected chi connectivity index (χ4v) is 2.54. The first kappa shape index (κ1) is 24.5. The van der Waals surface area contributed by atoms with E-state index in [-0.39, 0.29) is 21.7 Å². The van der Waals surface area contributed by atoms with Crippen molar-refractivity contribution in [1.29, 1.82) is 0 Å².